The molecule has 1 aliphatic rings. The third-order valence-corrected chi connectivity index (χ3v) is 5.09. The first-order valence-corrected chi connectivity index (χ1v) is 9.13. The normalized spacial score (nSPS) is 17.0. The molecule has 2 aromatic rings. The molecular formula is C22H27FN2. The van der Waals surface area contributed by atoms with E-state index in [1.807, 2.05) is 12.1 Å². The Bertz CT molecular complexity index is 696. The first-order valence-electron chi connectivity index (χ1n) is 9.13. The van der Waals surface area contributed by atoms with Crippen LogP contribution in [0.3, 0.4) is 0 Å². The SMILES string of the molecule is CCN1CCN(CC=C(C)c2ccc(-c3ccc(F)cc3)cc2)CC1. The summed E-state index contributed by atoms with van der Waals surface area (Å²) in [5.41, 5.74) is 4.72. The Kier molecular flexibility index (Phi) is 6.00. The van der Waals surface area contributed by atoms with E-state index in [1.165, 1.54) is 36.4 Å². The second kappa shape index (κ2) is 8.41. The fraction of sp³-hybridized carbons (Fsp3) is 0.364. The lowest BCUT2D eigenvalue weighted by molar-refractivity contribution is 0.148. The summed E-state index contributed by atoms with van der Waals surface area (Å²) in [5.74, 6) is -0.195. The predicted molar refractivity (Wildman–Crippen MR) is 104 cm³/mol. The van der Waals surface area contributed by atoms with Gasteiger partial charge in [0.1, 0.15) is 5.82 Å². The van der Waals surface area contributed by atoms with Gasteiger partial charge in [0.05, 0.1) is 0 Å². The van der Waals surface area contributed by atoms with Crippen LogP contribution in [0, 0.1) is 5.82 Å². The van der Waals surface area contributed by atoms with Gasteiger partial charge in [-0.15, -0.1) is 0 Å². The van der Waals surface area contributed by atoms with Gasteiger partial charge in [-0.25, -0.2) is 4.39 Å². The number of allylic oxidation sites excluding steroid dienone is 1. The second-order valence-corrected chi connectivity index (χ2v) is 6.71. The lowest BCUT2D eigenvalue weighted by Crippen LogP contribution is -2.46. The van der Waals surface area contributed by atoms with Crippen molar-refractivity contribution in [3.8, 4) is 11.1 Å². The zero-order chi connectivity index (χ0) is 17.6. The van der Waals surface area contributed by atoms with Gasteiger partial charge in [0, 0.05) is 32.7 Å². The zero-order valence-electron chi connectivity index (χ0n) is 15.2. The molecule has 0 amide bonds. The standard InChI is InChI=1S/C22H27FN2/c1-3-24-14-16-25(17-15-24)13-12-18(2)19-4-6-20(7-5-19)21-8-10-22(23)11-9-21/h4-12H,3,13-17H2,1-2H3. The molecule has 3 heteroatoms. The van der Waals surface area contributed by atoms with Crippen molar-refractivity contribution in [1.82, 2.24) is 9.80 Å². The summed E-state index contributed by atoms with van der Waals surface area (Å²) in [6, 6.07) is 15.2. The lowest BCUT2D eigenvalue weighted by atomic mass is 10.0. The molecule has 0 saturated carbocycles. The molecule has 25 heavy (non-hydrogen) atoms. The maximum Gasteiger partial charge on any atom is 0.123 e. The number of benzene rings is 2. The Morgan fingerprint density at radius 1 is 0.880 bits per heavy atom. The van der Waals surface area contributed by atoms with E-state index < -0.39 is 0 Å². The van der Waals surface area contributed by atoms with Crippen LogP contribution in [-0.4, -0.2) is 49.1 Å². The van der Waals surface area contributed by atoms with Gasteiger partial charge in [0.15, 0.2) is 0 Å². The van der Waals surface area contributed by atoms with Gasteiger partial charge in [0.2, 0.25) is 0 Å². The van der Waals surface area contributed by atoms with Gasteiger partial charge in [-0.05, 0) is 47.9 Å². The third kappa shape index (κ3) is 4.77. The third-order valence-electron chi connectivity index (χ3n) is 5.09. The van der Waals surface area contributed by atoms with Crippen LogP contribution in [0.15, 0.2) is 54.6 Å². The monoisotopic (exact) mass is 338 g/mol. The number of hydrogen-bond donors (Lipinski definition) is 0. The van der Waals surface area contributed by atoms with E-state index in [-0.39, 0.29) is 5.82 Å². The van der Waals surface area contributed by atoms with Gasteiger partial charge >= 0.3 is 0 Å². The van der Waals surface area contributed by atoms with Crippen molar-refractivity contribution in [1.29, 1.82) is 0 Å². The molecule has 0 bridgehead atoms. The van der Waals surface area contributed by atoms with Crippen LogP contribution >= 0.6 is 0 Å². The van der Waals surface area contributed by atoms with Crippen molar-refractivity contribution >= 4 is 5.57 Å². The predicted octanol–water partition coefficient (Wildman–Crippen LogP) is 4.53. The summed E-state index contributed by atoms with van der Waals surface area (Å²) in [5, 5.41) is 0. The van der Waals surface area contributed by atoms with Crippen LogP contribution in [-0.2, 0) is 0 Å². The summed E-state index contributed by atoms with van der Waals surface area (Å²) in [7, 11) is 0. The molecule has 2 aromatic carbocycles. The highest BCUT2D eigenvalue weighted by Crippen LogP contribution is 2.22. The Labute approximate surface area is 150 Å². The summed E-state index contributed by atoms with van der Waals surface area (Å²) >= 11 is 0. The van der Waals surface area contributed by atoms with Crippen LogP contribution in [0.4, 0.5) is 4.39 Å². The van der Waals surface area contributed by atoms with Crippen LogP contribution in [0.25, 0.3) is 16.7 Å². The van der Waals surface area contributed by atoms with Gasteiger partial charge in [-0.2, -0.15) is 0 Å². The molecule has 3 rings (SSSR count). The first kappa shape index (κ1) is 17.8. The lowest BCUT2D eigenvalue weighted by Gasteiger charge is -2.33. The smallest absolute Gasteiger partial charge is 0.123 e. The first-order chi connectivity index (χ1) is 12.2. The summed E-state index contributed by atoms with van der Waals surface area (Å²) in [6.07, 6.45) is 2.33. The molecular weight excluding hydrogens is 311 g/mol. The highest BCUT2D eigenvalue weighted by atomic mass is 19.1. The van der Waals surface area contributed by atoms with Crippen LogP contribution < -0.4 is 0 Å². The average molecular weight is 338 g/mol. The molecule has 0 aromatic heterocycles. The highest BCUT2D eigenvalue weighted by Gasteiger charge is 2.14. The maximum absolute atomic E-state index is 13.0. The molecule has 2 nitrogen and oxygen atoms in total. The van der Waals surface area contributed by atoms with Gasteiger partial charge < -0.3 is 4.90 Å². The minimum atomic E-state index is -0.195. The minimum Gasteiger partial charge on any atom is -0.301 e. The molecule has 0 unspecified atom stereocenters. The van der Waals surface area contributed by atoms with Crippen molar-refractivity contribution < 1.29 is 4.39 Å². The second-order valence-electron chi connectivity index (χ2n) is 6.71. The highest BCUT2D eigenvalue weighted by molar-refractivity contribution is 5.69. The van der Waals surface area contributed by atoms with Crippen molar-refractivity contribution in [2.45, 2.75) is 13.8 Å². The van der Waals surface area contributed by atoms with E-state index in [1.54, 1.807) is 0 Å². The van der Waals surface area contributed by atoms with E-state index >= 15 is 0 Å². The van der Waals surface area contributed by atoms with Gasteiger partial charge in [0.25, 0.3) is 0 Å². The summed E-state index contributed by atoms with van der Waals surface area (Å²) < 4.78 is 13.0. The number of rotatable bonds is 5. The maximum atomic E-state index is 13.0. The fourth-order valence-corrected chi connectivity index (χ4v) is 3.24. The van der Waals surface area contributed by atoms with Gasteiger partial charge in [-0.3, -0.25) is 4.90 Å². The molecule has 1 fully saturated rings. The van der Waals surface area contributed by atoms with Gasteiger partial charge in [-0.1, -0.05) is 49.4 Å². The minimum absolute atomic E-state index is 0.195. The van der Waals surface area contributed by atoms with E-state index in [0.717, 1.165) is 37.3 Å². The van der Waals surface area contributed by atoms with Crippen molar-refractivity contribution in [2.75, 3.05) is 39.3 Å². The molecule has 1 saturated heterocycles. The van der Waals surface area contributed by atoms with Crippen LogP contribution in [0.1, 0.15) is 19.4 Å². The molecule has 1 heterocycles. The van der Waals surface area contributed by atoms with Crippen LogP contribution in [0.5, 0.6) is 0 Å². The molecule has 0 aliphatic carbocycles. The van der Waals surface area contributed by atoms with E-state index in [2.05, 4.69) is 54.0 Å². The number of likely N-dealkylation sites (N-methyl/N-ethyl adjacent to an activating group) is 1. The number of halogens is 1. The average Bonchev–Trinajstić information content (AvgIpc) is 2.67. The van der Waals surface area contributed by atoms with Crippen LogP contribution in [0.2, 0.25) is 0 Å². The Morgan fingerprint density at radius 2 is 1.40 bits per heavy atom. The van der Waals surface area contributed by atoms with Crippen molar-refractivity contribution in [3.63, 3.8) is 0 Å². The Hall–Kier alpha value is -1.97. The van der Waals surface area contributed by atoms with E-state index in [0.29, 0.717) is 0 Å². The number of hydrogen-bond acceptors (Lipinski definition) is 2. The molecule has 132 valence electrons. The van der Waals surface area contributed by atoms with E-state index in [9.17, 15) is 4.39 Å². The Balaban J connectivity index is 1.60. The molecule has 0 N–H and O–H groups in total. The van der Waals surface area contributed by atoms with Crippen molar-refractivity contribution in [3.05, 3.63) is 66.0 Å². The topological polar surface area (TPSA) is 6.48 Å². The molecule has 0 spiro atoms. The fourth-order valence-electron chi connectivity index (χ4n) is 3.24. The molecule has 0 atom stereocenters. The Morgan fingerprint density at radius 3 is 1.96 bits per heavy atom. The molecule has 0 radical (unpaired) electrons. The quantitative estimate of drug-likeness (QED) is 0.790. The molecule has 1 aliphatic heterocycles. The number of nitrogens with zero attached hydrogens (tertiary/aromatic N) is 2. The van der Waals surface area contributed by atoms with E-state index in [4.69, 9.17) is 0 Å². The largest absolute Gasteiger partial charge is 0.301 e. The summed E-state index contributed by atoms with van der Waals surface area (Å²) in [4.78, 5) is 5.02. The summed E-state index contributed by atoms with van der Waals surface area (Å²) in [6.45, 7) is 11.2. The number of piperazine rings is 1. The van der Waals surface area contributed by atoms with Crippen molar-refractivity contribution in [2.24, 2.45) is 0 Å². The zero-order valence-corrected chi connectivity index (χ0v) is 15.2.